The van der Waals surface area contributed by atoms with E-state index in [0.717, 1.165) is 83.8 Å². The van der Waals surface area contributed by atoms with Gasteiger partial charge in [0.1, 0.15) is 12.1 Å². The third-order valence-corrected chi connectivity index (χ3v) is 15.1. The van der Waals surface area contributed by atoms with Crippen molar-refractivity contribution < 1.29 is 24.0 Å². The second-order valence-corrected chi connectivity index (χ2v) is 19.8. The van der Waals surface area contributed by atoms with Gasteiger partial charge in [0, 0.05) is 49.7 Å². The van der Waals surface area contributed by atoms with Gasteiger partial charge in [0.25, 0.3) is 5.91 Å². The molecular weight excluding hydrogens is 670 g/mol. The molecule has 1 unspecified atom stereocenters. The van der Waals surface area contributed by atoms with Crippen molar-refractivity contribution in [3.8, 4) is 0 Å². The first-order valence-corrected chi connectivity index (χ1v) is 20.9. The predicted octanol–water partition coefficient (Wildman–Crippen LogP) is 3.86. The van der Waals surface area contributed by atoms with Crippen LogP contribution in [0.15, 0.2) is 0 Å². The molecule has 6 N–H and O–H groups in total. The first-order valence-electron chi connectivity index (χ1n) is 20.9. The Morgan fingerprint density at radius 3 is 2.00 bits per heavy atom. The number of carbonyl (C=O) groups excluding carboxylic acids is 5. The number of primary amides is 1. The van der Waals surface area contributed by atoms with E-state index in [1.54, 1.807) is 4.90 Å². The van der Waals surface area contributed by atoms with Gasteiger partial charge >= 0.3 is 6.03 Å². The van der Waals surface area contributed by atoms with Crippen molar-refractivity contribution in [3.05, 3.63) is 0 Å². The molecule has 2 saturated heterocycles. The number of Topliss-reactive ketones (excluding diaryl/α,β-unsaturated/α-hetero) is 1. The molecule has 12 heteroatoms. The number of likely N-dealkylation sites (tertiary alicyclic amines) is 1. The van der Waals surface area contributed by atoms with Crippen LogP contribution in [0.2, 0.25) is 0 Å². The summed E-state index contributed by atoms with van der Waals surface area (Å²) in [4.78, 5) is 72.6. The van der Waals surface area contributed by atoms with Crippen LogP contribution < -0.4 is 27.0 Å². The standard InChI is InChI=1S/C41H69N7O5/c1-25-21-47(22-26(2)43-25)23-30(28-15-9-8-10-16-28)45-37(53)46-33(38(3,4)5)36(52)48-24-41(39(6,7)40(41)17-12-18-40)20-31(48)35(51)44-29(32(49)34(42)50)19-27-13-11-14-27/h25-31,33,43H,8-24H2,1-7H3,(H2,42,50)(H,44,51)(H2,45,46,53)/t25-,26+,29?,30-,31+,33-,41-/m1/s1. The Morgan fingerprint density at radius 2 is 1.49 bits per heavy atom. The van der Waals surface area contributed by atoms with Crippen LogP contribution in [0, 0.1) is 33.5 Å². The smallest absolute Gasteiger partial charge is 0.315 e. The van der Waals surface area contributed by atoms with Crippen LogP contribution in [-0.2, 0) is 19.2 Å². The molecule has 0 radical (unpaired) electrons. The van der Waals surface area contributed by atoms with E-state index >= 15 is 0 Å². The molecule has 2 heterocycles. The quantitative estimate of drug-likeness (QED) is 0.190. The second kappa shape index (κ2) is 15.1. The van der Waals surface area contributed by atoms with Crippen LogP contribution >= 0.6 is 0 Å². The molecule has 7 atom stereocenters. The molecule has 6 rings (SSSR count). The van der Waals surface area contributed by atoms with E-state index in [4.69, 9.17) is 5.73 Å². The van der Waals surface area contributed by atoms with Gasteiger partial charge in [0.05, 0.1) is 6.04 Å². The molecule has 0 aromatic carbocycles. The van der Waals surface area contributed by atoms with Crippen LogP contribution in [0.4, 0.5) is 4.79 Å². The zero-order valence-corrected chi connectivity index (χ0v) is 33.7. The van der Waals surface area contributed by atoms with Crippen LogP contribution in [-0.4, -0.2) is 102 Å². The number of amides is 5. The molecule has 298 valence electrons. The Bertz CT molecular complexity index is 1400. The highest BCUT2D eigenvalue weighted by atomic mass is 16.2. The van der Waals surface area contributed by atoms with Gasteiger partial charge in [0.15, 0.2) is 0 Å². The maximum Gasteiger partial charge on any atom is 0.315 e. The molecule has 4 saturated carbocycles. The molecule has 53 heavy (non-hydrogen) atoms. The second-order valence-electron chi connectivity index (χ2n) is 19.8. The third kappa shape index (κ3) is 7.61. The minimum atomic E-state index is -1.06. The van der Waals surface area contributed by atoms with Crippen molar-refractivity contribution >= 4 is 29.5 Å². The normalized spacial score (nSPS) is 31.5. The van der Waals surface area contributed by atoms with Crippen LogP contribution in [0.3, 0.4) is 0 Å². The first kappa shape index (κ1) is 39.9. The lowest BCUT2D eigenvalue weighted by Crippen LogP contribution is -2.62. The number of hydrogen-bond donors (Lipinski definition) is 5. The largest absolute Gasteiger partial charge is 0.363 e. The predicted molar refractivity (Wildman–Crippen MR) is 204 cm³/mol. The SMILES string of the molecule is C[C@@H]1CN(C[C@@H](NC(=O)N[C@H](C(=O)N2C[C@]3(C[C@H]2C(=O)NC(CC2CCC2)C(=O)C(N)=O)C(C)(C)C32CCC2)C(C)(C)C)C2CCCCC2)C[C@H](C)N1. The maximum atomic E-state index is 15.0. The molecule has 0 aromatic heterocycles. The molecule has 5 amide bonds. The lowest BCUT2D eigenvalue weighted by atomic mass is 9.73. The lowest BCUT2D eigenvalue weighted by molar-refractivity contribution is -0.143. The van der Waals surface area contributed by atoms with Gasteiger partial charge in [0.2, 0.25) is 17.6 Å². The summed E-state index contributed by atoms with van der Waals surface area (Å²) in [5, 5.41) is 13.0. The number of piperazine rings is 1. The number of nitrogens with one attached hydrogen (secondary N) is 4. The number of nitrogens with zero attached hydrogens (tertiary/aromatic N) is 2. The molecule has 0 bridgehead atoms. The number of rotatable bonds is 12. The average Bonchev–Trinajstić information content (AvgIpc) is 3.25. The number of urea groups is 1. The summed E-state index contributed by atoms with van der Waals surface area (Å²) in [6.07, 6.45) is 12.8. The summed E-state index contributed by atoms with van der Waals surface area (Å²) < 4.78 is 0. The van der Waals surface area contributed by atoms with Crippen LogP contribution in [0.25, 0.3) is 0 Å². The summed E-state index contributed by atoms with van der Waals surface area (Å²) in [5.74, 6) is -1.92. The summed E-state index contributed by atoms with van der Waals surface area (Å²) >= 11 is 0. The molecule has 4 aliphatic carbocycles. The molecule has 6 fully saturated rings. The number of fused-ring (bicyclic) bond motifs is 1. The van der Waals surface area contributed by atoms with Crippen molar-refractivity contribution in [2.75, 3.05) is 26.2 Å². The van der Waals surface area contributed by atoms with Crippen molar-refractivity contribution in [2.24, 2.45) is 39.2 Å². The highest BCUT2D eigenvalue weighted by Crippen LogP contribution is 2.88. The molecule has 2 spiro atoms. The minimum Gasteiger partial charge on any atom is -0.363 e. The van der Waals surface area contributed by atoms with Gasteiger partial charge in [-0.2, -0.15) is 0 Å². The van der Waals surface area contributed by atoms with Gasteiger partial charge in [-0.1, -0.05) is 79.6 Å². The Hall–Kier alpha value is -2.73. The fourth-order valence-electron chi connectivity index (χ4n) is 11.7. The third-order valence-electron chi connectivity index (χ3n) is 15.1. The van der Waals surface area contributed by atoms with Crippen molar-refractivity contribution in [1.29, 1.82) is 0 Å². The summed E-state index contributed by atoms with van der Waals surface area (Å²) in [6.45, 7) is 17.8. The lowest BCUT2D eigenvalue weighted by Gasteiger charge is -2.41. The fourth-order valence-corrected chi connectivity index (χ4v) is 11.7. The van der Waals surface area contributed by atoms with E-state index in [2.05, 4.69) is 53.9 Å². The number of ketones is 1. The van der Waals surface area contributed by atoms with Gasteiger partial charge in [-0.25, -0.2) is 4.79 Å². The van der Waals surface area contributed by atoms with E-state index in [9.17, 15) is 24.0 Å². The topological polar surface area (TPSA) is 166 Å². The van der Waals surface area contributed by atoms with E-state index in [0.29, 0.717) is 37.4 Å². The highest BCUT2D eigenvalue weighted by molar-refractivity contribution is 6.37. The van der Waals surface area contributed by atoms with E-state index in [1.165, 1.54) is 6.42 Å². The van der Waals surface area contributed by atoms with Crippen molar-refractivity contribution in [3.63, 3.8) is 0 Å². The van der Waals surface area contributed by atoms with Crippen molar-refractivity contribution in [1.82, 2.24) is 31.1 Å². The Balaban J connectivity index is 1.22. The minimum absolute atomic E-state index is 0.0433. The number of nitrogens with two attached hydrogens (primary N) is 1. The fraction of sp³-hybridized carbons (Fsp3) is 0.878. The summed E-state index contributed by atoms with van der Waals surface area (Å²) in [7, 11) is 0. The monoisotopic (exact) mass is 740 g/mol. The van der Waals surface area contributed by atoms with Gasteiger partial charge in [-0.3, -0.25) is 24.1 Å². The molecule has 2 aliphatic heterocycles. The zero-order chi connectivity index (χ0) is 38.5. The molecular formula is C41H69N7O5. The molecule has 6 aliphatic rings. The van der Waals surface area contributed by atoms with Gasteiger partial charge in [-0.15, -0.1) is 0 Å². The number of hydrogen-bond acceptors (Lipinski definition) is 7. The maximum absolute atomic E-state index is 15.0. The van der Waals surface area contributed by atoms with E-state index < -0.39 is 41.1 Å². The average molecular weight is 740 g/mol. The molecule has 12 nitrogen and oxygen atoms in total. The van der Waals surface area contributed by atoms with Gasteiger partial charge < -0.3 is 31.9 Å². The van der Waals surface area contributed by atoms with Crippen LogP contribution in [0.1, 0.15) is 132 Å². The summed E-state index contributed by atoms with van der Waals surface area (Å²) in [6, 6.07) is -2.38. The van der Waals surface area contributed by atoms with Gasteiger partial charge in [-0.05, 0) is 80.5 Å². The van der Waals surface area contributed by atoms with E-state index in [-0.39, 0.29) is 40.1 Å². The first-order chi connectivity index (χ1) is 24.9. The molecule has 0 aromatic rings. The number of carbonyl (C=O) groups is 5. The summed E-state index contributed by atoms with van der Waals surface area (Å²) in [5.41, 5.74) is 4.56. The van der Waals surface area contributed by atoms with Crippen LogP contribution in [0.5, 0.6) is 0 Å². The Kier molecular flexibility index (Phi) is 11.4. The zero-order valence-electron chi connectivity index (χ0n) is 33.7. The van der Waals surface area contributed by atoms with Crippen molar-refractivity contribution in [2.45, 2.75) is 168 Å². The van der Waals surface area contributed by atoms with E-state index in [1.807, 2.05) is 20.8 Å². The highest BCUT2D eigenvalue weighted by Gasteiger charge is 2.85. The Labute approximate surface area is 317 Å². The Morgan fingerprint density at radius 1 is 0.849 bits per heavy atom.